The molecule has 1 aliphatic rings. The number of carbonyl (C=O) groups excluding carboxylic acids is 1. The number of benzene rings is 1. The van der Waals surface area contributed by atoms with E-state index in [-0.39, 0.29) is 35.0 Å². The molecule has 0 aromatic heterocycles. The van der Waals surface area contributed by atoms with E-state index in [9.17, 15) is 13.2 Å². The van der Waals surface area contributed by atoms with E-state index in [2.05, 4.69) is 30.0 Å². The molecule has 27 heavy (non-hydrogen) atoms. The van der Waals surface area contributed by atoms with Gasteiger partial charge in [0.1, 0.15) is 0 Å². The van der Waals surface area contributed by atoms with Gasteiger partial charge in [-0.05, 0) is 50.2 Å². The summed E-state index contributed by atoms with van der Waals surface area (Å²) in [6.07, 6.45) is 2.17. The van der Waals surface area contributed by atoms with Crippen molar-refractivity contribution in [3.05, 3.63) is 47.0 Å². The summed E-state index contributed by atoms with van der Waals surface area (Å²) in [7, 11) is -3.41. The van der Waals surface area contributed by atoms with Crippen LogP contribution in [0, 0.1) is 17.3 Å². The summed E-state index contributed by atoms with van der Waals surface area (Å²) in [5.74, 6) is 0.159. The zero-order chi connectivity index (χ0) is 20.4. The average Bonchev–Trinajstić information content (AvgIpc) is 3.04. The van der Waals surface area contributed by atoms with E-state index in [1.807, 2.05) is 32.0 Å². The van der Waals surface area contributed by atoms with Gasteiger partial charge in [-0.1, -0.05) is 49.8 Å². The van der Waals surface area contributed by atoms with Gasteiger partial charge in [0.05, 0.1) is 11.7 Å². The highest BCUT2D eigenvalue weighted by Crippen LogP contribution is 2.59. The molecule has 1 amide bonds. The second-order valence-electron chi connectivity index (χ2n) is 8.59. The highest BCUT2D eigenvalue weighted by Gasteiger charge is 2.60. The molecule has 0 saturated heterocycles. The molecule has 5 nitrogen and oxygen atoms in total. The number of allylic oxidation sites excluding steroid dienone is 2. The third-order valence-corrected chi connectivity index (χ3v) is 6.56. The molecule has 1 aromatic rings. The van der Waals surface area contributed by atoms with Gasteiger partial charge in [0, 0.05) is 12.6 Å². The molecule has 0 spiro atoms. The van der Waals surface area contributed by atoms with Crippen molar-refractivity contribution in [3.8, 4) is 0 Å². The number of hydrogen-bond donors (Lipinski definition) is 2. The minimum atomic E-state index is -3.41. The lowest BCUT2D eigenvalue weighted by Crippen LogP contribution is -2.32. The number of rotatable bonds is 8. The minimum absolute atomic E-state index is 0.0282. The van der Waals surface area contributed by atoms with Crippen LogP contribution in [0.3, 0.4) is 0 Å². The van der Waals surface area contributed by atoms with Gasteiger partial charge in [0.2, 0.25) is 15.9 Å². The van der Waals surface area contributed by atoms with Crippen molar-refractivity contribution >= 4 is 15.9 Å². The Morgan fingerprint density at radius 3 is 2.33 bits per heavy atom. The second kappa shape index (κ2) is 8.15. The molecule has 1 aromatic carbocycles. The Kier molecular flexibility index (Phi) is 6.53. The van der Waals surface area contributed by atoms with Crippen LogP contribution in [0.4, 0.5) is 0 Å². The van der Waals surface area contributed by atoms with Crippen molar-refractivity contribution in [3.63, 3.8) is 0 Å². The van der Waals surface area contributed by atoms with Crippen molar-refractivity contribution in [1.82, 2.24) is 10.0 Å². The third kappa shape index (κ3) is 5.66. The van der Waals surface area contributed by atoms with E-state index >= 15 is 0 Å². The lowest BCUT2D eigenvalue weighted by atomic mass is 10.1. The van der Waals surface area contributed by atoms with E-state index in [0.29, 0.717) is 12.1 Å². The van der Waals surface area contributed by atoms with E-state index in [0.717, 1.165) is 5.56 Å². The SMILES string of the molecule is CC(C)=C[C@@H]1[C@H](C(=O)NCc2ccccc2CS(=O)(=O)NC(C)C)C1(C)C. The Hall–Kier alpha value is -1.66. The first-order chi connectivity index (χ1) is 12.4. The van der Waals surface area contributed by atoms with Crippen LogP contribution in [0.25, 0.3) is 0 Å². The molecule has 1 aliphatic carbocycles. The fourth-order valence-electron chi connectivity index (χ4n) is 3.62. The van der Waals surface area contributed by atoms with Gasteiger partial charge < -0.3 is 5.32 Å². The zero-order valence-electron chi connectivity index (χ0n) is 17.2. The molecule has 0 heterocycles. The quantitative estimate of drug-likeness (QED) is 0.666. The molecule has 1 fully saturated rings. The fraction of sp³-hybridized carbons (Fsp3) is 0.571. The Morgan fingerprint density at radius 1 is 1.19 bits per heavy atom. The summed E-state index contributed by atoms with van der Waals surface area (Å²) in [6.45, 7) is 12.2. The van der Waals surface area contributed by atoms with Gasteiger partial charge in [0.25, 0.3) is 0 Å². The maximum atomic E-state index is 12.7. The lowest BCUT2D eigenvalue weighted by Gasteiger charge is -2.13. The molecule has 2 N–H and O–H groups in total. The van der Waals surface area contributed by atoms with Crippen LogP contribution < -0.4 is 10.0 Å². The largest absolute Gasteiger partial charge is 0.352 e. The molecule has 0 radical (unpaired) electrons. The van der Waals surface area contributed by atoms with Crippen LogP contribution in [-0.4, -0.2) is 20.4 Å². The van der Waals surface area contributed by atoms with Crippen molar-refractivity contribution in [2.24, 2.45) is 17.3 Å². The van der Waals surface area contributed by atoms with Gasteiger partial charge >= 0.3 is 0 Å². The van der Waals surface area contributed by atoms with Crippen LogP contribution in [0.2, 0.25) is 0 Å². The summed E-state index contributed by atoms with van der Waals surface area (Å²) < 4.78 is 27.1. The van der Waals surface area contributed by atoms with Crippen LogP contribution >= 0.6 is 0 Å². The molecule has 6 heteroatoms. The molecule has 1 saturated carbocycles. The van der Waals surface area contributed by atoms with Crippen LogP contribution in [-0.2, 0) is 27.1 Å². The Balaban J connectivity index is 2.05. The Labute approximate surface area is 163 Å². The van der Waals surface area contributed by atoms with Crippen LogP contribution in [0.1, 0.15) is 52.7 Å². The minimum Gasteiger partial charge on any atom is -0.352 e. The van der Waals surface area contributed by atoms with Gasteiger partial charge in [-0.25, -0.2) is 13.1 Å². The molecule has 2 rings (SSSR count). The number of hydrogen-bond acceptors (Lipinski definition) is 3. The van der Waals surface area contributed by atoms with E-state index in [4.69, 9.17) is 0 Å². The van der Waals surface area contributed by atoms with Crippen molar-refractivity contribution in [2.45, 2.75) is 59.9 Å². The topological polar surface area (TPSA) is 75.3 Å². The summed E-state index contributed by atoms with van der Waals surface area (Å²) in [5, 5.41) is 3.00. The normalized spacial score (nSPS) is 21.0. The first-order valence-electron chi connectivity index (χ1n) is 9.43. The van der Waals surface area contributed by atoms with Gasteiger partial charge in [-0.3, -0.25) is 4.79 Å². The zero-order valence-corrected chi connectivity index (χ0v) is 18.0. The molecule has 0 aliphatic heterocycles. The summed E-state index contributed by atoms with van der Waals surface area (Å²) in [6, 6.07) is 7.20. The second-order valence-corrected chi connectivity index (χ2v) is 10.3. The third-order valence-electron chi connectivity index (χ3n) is 5.04. The Bertz CT molecular complexity index is 822. The maximum Gasteiger partial charge on any atom is 0.224 e. The monoisotopic (exact) mass is 392 g/mol. The molecule has 2 atom stereocenters. The molecular weight excluding hydrogens is 360 g/mol. The molecular formula is C21H32N2O3S. The van der Waals surface area contributed by atoms with Gasteiger partial charge in [-0.15, -0.1) is 0 Å². The van der Waals surface area contributed by atoms with Gasteiger partial charge in [0.15, 0.2) is 0 Å². The Morgan fingerprint density at radius 2 is 1.78 bits per heavy atom. The number of sulfonamides is 1. The smallest absolute Gasteiger partial charge is 0.224 e. The average molecular weight is 393 g/mol. The van der Waals surface area contributed by atoms with Crippen molar-refractivity contribution in [2.75, 3.05) is 0 Å². The van der Waals surface area contributed by atoms with Crippen molar-refractivity contribution < 1.29 is 13.2 Å². The number of nitrogens with one attached hydrogen (secondary N) is 2. The summed E-state index contributed by atoms with van der Waals surface area (Å²) >= 11 is 0. The first kappa shape index (κ1) is 21.6. The van der Waals surface area contributed by atoms with Crippen molar-refractivity contribution in [1.29, 1.82) is 0 Å². The first-order valence-corrected chi connectivity index (χ1v) is 11.1. The number of carbonyl (C=O) groups is 1. The summed E-state index contributed by atoms with van der Waals surface area (Å²) in [4.78, 5) is 12.7. The predicted molar refractivity (Wildman–Crippen MR) is 109 cm³/mol. The number of amides is 1. The van der Waals surface area contributed by atoms with Crippen LogP contribution in [0.15, 0.2) is 35.9 Å². The van der Waals surface area contributed by atoms with Crippen LogP contribution in [0.5, 0.6) is 0 Å². The van der Waals surface area contributed by atoms with E-state index < -0.39 is 10.0 Å². The highest BCUT2D eigenvalue weighted by molar-refractivity contribution is 7.88. The maximum absolute atomic E-state index is 12.7. The highest BCUT2D eigenvalue weighted by atomic mass is 32.2. The van der Waals surface area contributed by atoms with E-state index in [1.165, 1.54) is 5.57 Å². The standard InChI is InChI=1S/C21H32N2O3S/c1-14(2)11-18-19(21(18,5)6)20(24)22-12-16-9-7-8-10-17(16)13-27(25,26)23-15(3)4/h7-11,15,18-19,23H,12-13H2,1-6H3,(H,22,24)/t18-,19-/m1/s1. The molecule has 0 bridgehead atoms. The predicted octanol–water partition coefficient (Wildman–Crippen LogP) is 3.37. The molecule has 0 unspecified atom stereocenters. The summed E-state index contributed by atoms with van der Waals surface area (Å²) in [5.41, 5.74) is 2.72. The fourth-order valence-corrected chi connectivity index (χ4v) is 5.11. The van der Waals surface area contributed by atoms with E-state index in [1.54, 1.807) is 19.9 Å². The lowest BCUT2D eigenvalue weighted by molar-refractivity contribution is -0.123. The molecule has 150 valence electrons. The van der Waals surface area contributed by atoms with Gasteiger partial charge in [-0.2, -0.15) is 0 Å².